The van der Waals surface area contributed by atoms with E-state index in [9.17, 15) is 4.39 Å². The highest BCUT2D eigenvalue weighted by atomic mass is 79.9. The summed E-state index contributed by atoms with van der Waals surface area (Å²) in [5, 5.41) is 3.54. The highest BCUT2D eigenvalue weighted by Crippen LogP contribution is 2.22. The summed E-state index contributed by atoms with van der Waals surface area (Å²) in [6.45, 7) is 0.349. The molecular weight excluding hydrogens is 265 g/mol. The lowest BCUT2D eigenvalue weighted by Gasteiger charge is -2.04. The van der Waals surface area contributed by atoms with Crippen molar-refractivity contribution < 1.29 is 13.7 Å². The number of hydrogen-bond acceptors (Lipinski definition) is 3. The summed E-state index contributed by atoms with van der Waals surface area (Å²) in [5.74, 6) is 0.275. The van der Waals surface area contributed by atoms with Gasteiger partial charge in [-0.15, -0.1) is 0 Å². The Hall–Kier alpha value is -1.36. The number of ether oxygens (including phenoxy) is 1. The maximum Gasteiger partial charge on any atom is 0.137 e. The SMILES string of the molecule is Fc1ccc(OCc2cnoc2)cc1Br. The van der Waals surface area contributed by atoms with Gasteiger partial charge < -0.3 is 9.26 Å². The maximum absolute atomic E-state index is 12.9. The molecule has 1 heterocycles. The fourth-order valence-corrected chi connectivity index (χ4v) is 1.39. The topological polar surface area (TPSA) is 35.3 Å². The Morgan fingerprint density at radius 2 is 2.33 bits per heavy atom. The second-order valence-corrected chi connectivity index (χ2v) is 3.75. The first-order chi connectivity index (χ1) is 7.25. The van der Waals surface area contributed by atoms with E-state index in [-0.39, 0.29) is 5.82 Å². The molecule has 0 spiro atoms. The summed E-state index contributed by atoms with van der Waals surface area (Å²) in [5.41, 5.74) is 0.829. The average Bonchev–Trinajstić information content (AvgIpc) is 2.73. The Kier molecular flexibility index (Phi) is 3.01. The van der Waals surface area contributed by atoms with Crippen LogP contribution in [0.2, 0.25) is 0 Å². The Morgan fingerprint density at radius 3 is 3.00 bits per heavy atom. The minimum atomic E-state index is -0.313. The monoisotopic (exact) mass is 271 g/mol. The van der Waals surface area contributed by atoms with Gasteiger partial charge in [0, 0.05) is 5.56 Å². The zero-order valence-corrected chi connectivity index (χ0v) is 9.20. The standard InChI is InChI=1S/C10H7BrFNO2/c11-9-3-8(1-2-10(9)12)14-5-7-4-13-15-6-7/h1-4,6H,5H2. The molecule has 0 amide bonds. The number of nitrogens with zero attached hydrogens (tertiary/aromatic N) is 1. The quantitative estimate of drug-likeness (QED) is 0.860. The number of halogens is 2. The van der Waals surface area contributed by atoms with Gasteiger partial charge in [-0.2, -0.15) is 0 Å². The first-order valence-corrected chi connectivity index (χ1v) is 5.01. The van der Waals surface area contributed by atoms with Crippen molar-refractivity contribution in [3.05, 3.63) is 46.5 Å². The Labute approximate surface area is 94.0 Å². The Balaban J connectivity index is 2.02. The third kappa shape index (κ3) is 2.56. The number of benzene rings is 1. The average molecular weight is 272 g/mol. The third-order valence-corrected chi connectivity index (χ3v) is 2.39. The Morgan fingerprint density at radius 1 is 1.47 bits per heavy atom. The molecule has 0 atom stereocenters. The van der Waals surface area contributed by atoms with Crippen LogP contribution in [-0.2, 0) is 6.61 Å². The van der Waals surface area contributed by atoms with Crippen molar-refractivity contribution in [2.45, 2.75) is 6.61 Å². The van der Waals surface area contributed by atoms with Crippen molar-refractivity contribution in [1.29, 1.82) is 0 Å². The fourth-order valence-electron chi connectivity index (χ4n) is 1.03. The van der Waals surface area contributed by atoms with Crippen molar-refractivity contribution in [2.24, 2.45) is 0 Å². The summed E-state index contributed by atoms with van der Waals surface area (Å²) < 4.78 is 23.3. The van der Waals surface area contributed by atoms with Gasteiger partial charge in [0.05, 0.1) is 10.7 Å². The lowest BCUT2D eigenvalue weighted by atomic mass is 10.3. The van der Waals surface area contributed by atoms with Gasteiger partial charge in [0.25, 0.3) is 0 Å². The number of aromatic nitrogens is 1. The summed E-state index contributed by atoms with van der Waals surface area (Å²) in [6.07, 6.45) is 3.07. The van der Waals surface area contributed by atoms with Crippen LogP contribution in [0.1, 0.15) is 5.56 Å². The van der Waals surface area contributed by atoms with Crippen LogP contribution < -0.4 is 4.74 Å². The molecule has 0 fully saturated rings. The maximum atomic E-state index is 12.9. The molecule has 0 unspecified atom stereocenters. The molecule has 0 aliphatic rings. The first-order valence-electron chi connectivity index (χ1n) is 4.22. The molecule has 0 bridgehead atoms. The van der Waals surface area contributed by atoms with Gasteiger partial charge in [0.15, 0.2) is 0 Å². The van der Waals surface area contributed by atoms with E-state index in [4.69, 9.17) is 4.74 Å². The molecule has 0 N–H and O–H groups in total. The normalized spacial score (nSPS) is 10.3. The van der Waals surface area contributed by atoms with E-state index in [0.29, 0.717) is 16.8 Å². The van der Waals surface area contributed by atoms with E-state index < -0.39 is 0 Å². The zero-order valence-electron chi connectivity index (χ0n) is 7.61. The van der Waals surface area contributed by atoms with Crippen LogP contribution in [0.4, 0.5) is 4.39 Å². The Bertz CT molecular complexity index is 445. The molecule has 3 nitrogen and oxygen atoms in total. The first kappa shape index (κ1) is 10.2. The lowest BCUT2D eigenvalue weighted by Crippen LogP contribution is -1.94. The van der Waals surface area contributed by atoms with E-state index in [2.05, 4.69) is 25.6 Å². The molecule has 1 aromatic carbocycles. The number of hydrogen-bond donors (Lipinski definition) is 0. The summed E-state index contributed by atoms with van der Waals surface area (Å²) in [4.78, 5) is 0. The van der Waals surface area contributed by atoms with Crippen molar-refractivity contribution in [1.82, 2.24) is 5.16 Å². The van der Waals surface area contributed by atoms with Gasteiger partial charge >= 0.3 is 0 Å². The molecule has 0 saturated heterocycles. The summed E-state index contributed by atoms with van der Waals surface area (Å²) in [6, 6.07) is 4.48. The molecule has 0 aliphatic carbocycles. The minimum absolute atomic E-state index is 0.313. The van der Waals surface area contributed by atoms with E-state index in [1.807, 2.05) is 0 Å². The van der Waals surface area contributed by atoms with Crippen LogP contribution in [0.25, 0.3) is 0 Å². The van der Waals surface area contributed by atoms with Crippen LogP contribution in [0, 0.1) is 5.82 Å². The van der Waals surface area contributed by atoms with E-state index in [1.165, 1.54) is 12.3 Å². The molecule has 2 aromatic rings. The van der Waals surface area contributed by atoms with Gasteiger partial charge in [-0.25, -0.2) is 4.39 Å². The molecule has 0 radical (unpaired) electrons. The summed E-state index contributed by atoms with van der Waals surface area (Å²) >= 11 is 3.08. The van der Waals surface area contributed by atoms with Crippen molar-refractivity contribution >= 4 is 15.9 Å². The molecule has 78 valence electrons. The van der Waals surface area contributed by atoms with E-state index in [1.54, 1.807) is 18.3 Å². The van der Waals surface area contributed by atoms with Crippen molar-refractivity contribution in [3.63, 3.8) is 0 Å². The molecule has 1 aromatic heterocycles. The molecule has 2 rings (SSSR count). The second kappa shape index (κ2) is 4.44. The van der Waals surface area contributed by atoms with Crippen LogP contribution in [0.3, 0.4) is 0 Å². The number of rotatable bonds is 3. The van der Waals surface area contributed by atoms with E-state index in [0.717, 1.165) is 5.56 Å². The fraction of sp³-hybridized carbons (Fsp3) is 0.100. The highest BCUT2D eigenvalue weighted by molar-refractivity contribution is 9.10. The van der Waals surface area contributed by atoms with E-state index >= 15 is 0 Å². The molecule has 0 aliphatic heterocycles. The van der Waals surface area contributed by atoms with Gasteiger partial charge in [0.2, 0.25) is 0 Å². The molecule has 0 saturated carbocycles. The van der Waals surface area contributed by atoms with Gasteiger partial charge in [-0.1, -0.05) is 5.16 Å². The van der Waals surface area contributed by atoms with Crippen molar-refractivity contribution in [2.75, 3.05) is 0 Å². The highest BCUT2D eigenvalue weighted by Gasteiger charge is 2.02. The summed E-state index contributed by atoms with van der Waals surface area (Å²) in [7, 11) is 0. The van der Waals surface area contributed by atoms with Crippen LogP contribution in [0.15, 0.2) is 39.7 Å². The molecular formula is C10H7BrFNO2. The predicted octanol–water partition coefficient (Wildman–Crippen LogP) is 3.16. The zero-order chi connectivity index (χ0) is 10.7. The largest absolute Gasteiger partial charge is 0.489 e. The molecule has 5 heteroatoms. The van der Waals surface area contributed by atoms with Crippen molar-refractivity contribution in [3.8, 4) is 5.75 Å². The predicted molar refractivity (Wildman–Crippen MR) is 54.9 cm³/mol. The molecule has 15 heavy (non-hydrogen) atoms. The van der Waals surface area contributed by atoms with Crippen LogP contribution >= 0.6 is 15.9 Å². The van der Waals surface area contributed by atoms with Gasteiger partial charge in [-0.05, 0) is 34.1 Å². The van der Waals surface area contributed by atoms with Crippen LogP contribution in [0.5, 0.6) is 5.75 Å². The lowest BCUT2D eigenvalue weighted by molar-refractivity contribution is 0.303. The second-order valence-electron chi connectivity index (χ2n) is 2.90. The smallest absolute Gasteiger partial charge is 0.137 e. The third-order valence-electron chi connectivity index (χ3n) is 1.78. The van der Waals surface area contributed by atoms with Gasteiger partial charge in [0.1, 0.15) is 24.4 Å². The minimum Gasteiger partial charge on any atom is -0.489 e. The van der Waals surface area contributed by atoms with Gasteiger partial charge in [-0.3, -0.25) is 0 Å². The van der Waals surface area contributed by atoms with Crippen LogP contribution in [-0.4, -0.2) is 5.16 Å².